The van der Waals surface area contributed by atoms with Gasteiger partial charge >= 0.3 is 0 Å². The second-order valence-electron chi connectivity index (χ2n) is 7.64. The van der Waals surface area contributed by atoms with Crippen LogP contribution in [0.15, 0.2) is 53.5 Å². The molecule has 0 spiro atoms. The standard InChI is InChI=1S/C23H31N3O/c1-17(2)23(21-9-4-5-10-22(21)24)25-19-11-13-26(14-12-19)16-18-7-6-8-20(15-18)27-3/h4-10,15,17,23H,11-14,16,24H2,1-3H3. The molecule has 0 aliphatic carbocycles. The van der Waals surface area contributed by atoms with Crippen LogP contribution in [0.2, 0.25) is 0 Å². The molecule has 0 amide bonds. The number of benzene rings is 2. The molecule has 1 saturated heterocycles. The summed E-state index contributed by atoms with van der Waals surface area (Å²) in [7, 11) is 1.72. The van der Waals surface area contributed by atoms with Crippen molar-refractivity contribution in [2.24, 2.45) is 10.9 Å². The maximum absolute atomic E-state index is 6.21. The third-order valence-corrected chi connectivity index (χ3v) is 5.24. The predicted octanol–water partition coefficient (Wildman–Crippen LogP) is 4.71. The molecule has 4 nitrogen and oxygen atoms in total. The van der Waals surface area contributed by atoms with Gasteiger partial charge in [0.15, 0.2) is 0 Å². The van der Waals surface area contributed by atoms with E-state index in [1.54, 1.807) is 7.11 Å². The average Bonchev–Trinajstić information content (AvgIpc) is 2.68. The summed E-state index contributed by atoms with van der Waals surface area (Å²) in [6.45, 7) is 7.50. The van der Waals surface area contributed by atoms with Crippen LogP contribution in [0.5, 0.6) is 5.75 Å². The van der Waals surface area contributed by atoms with Crippen LogP contribution in [0.25, 0.3) is 0 Å². The summed E-state index contributed by atoms with van der Waals surface area (Å²) in [5.41, 5.74) is 10.8. The third kappa shape index (κ3) is 5.10. The maximum Gasteiger partial charge on any atom is 0.119 e. The highest BCUT2D eigenvalue weighted by atomic mass is 16.5. The first-order chi connectivity index (χ1) is 13.1. The molecule has 2 aromatic carbocycles. The number of piperidine rings is 1. The highest BCUT2D eigenvalue weighted by molar-refractivity contribution is 5.85. The van der Waals surface area contributed by atoms with Crippen molar-refractivity contribution in [1.82, 2.24) is 4.90 Å². The van der Waals surface area contributed by atoms with Crippen LogP contribution >= 0.6 is 0 Å². The number of ether oxygens (including phenoxy) is 1. The van der Waals surface area contributed by atoms with E-state index in [4.69, 9.17) is 15.5 Å². The van der Waals surface area contributed by atoms with Crippen LogP contribution < -0.4 is 10.5 Å². The Bertz CT molecular complexity index is 775. The molecule has 27 heavy (non-hydrogen) atoms. The molecule has 4 heteroatoms. The zero-order valence-electron chi connectivity index (χ0n) is 16.7. The van der Waals surface area contributed by atoms with Crippen LogP contribution in [0.1, 0.15) is 43.9 Å². The van der Waals surface area contributed by atoms with Gasteiger partial charge in [-0.25, -0.2) is 0 Å². The van der Waals surface area contributed by atoms with Crippen molar-refractivity contribution < 1.29 is 4.74 Å². The molecule has 1 heterocycles. The normalized spacial score (nSPS) is 16.4. The first-order valence-electron chi connectivity index (χ1n) is 9.82. The van der Waals surface area contributed by atoms with Gasteiger partial charge in [-0.05, 0) is 48.1 Å². The zero-order chi connectivity index (χ0) is 19.2. The Morgan fingerprint density at radius 2 is 1.81 bits per heavy atom. The lowest BCUT2D eigenvalue weighted by atomic mass is 9.94. The molecule has 1 unspecified atom stereocenters. The first-order valence-corrected chi connectivity index (χ1v) is 9.82. The smallest absolute Gasteiger partial charge is 0.119 e. The number of para-hydroxylation sites is 1. The lowest BCUT2D eigenvalue weighted by Gasteiger charge is -2.29. The van der Waals surface area contributed by atoms with E-state index in [9.17, 15) is 0 Å². The van der Waals surface area contributed by atoms with Gasteiger partial charge in [0.2, 0.25) is 0 Å². The van der Waals surface area contributed by atoms with Crippen molar-refractivity contribution in [2.75, 3.05) is 25.9 Å². The summed E-state index contributed by atoms with van der Waals surface area (Å²) in [5, 5.41) is 0. The molecule has 1 atom stereocenters. The molecule has 0 radical (unpaired) electrons. The van der Waals surface area contributed by atoms with E-state index in [0.29, 0.717) is 5.92 Å². The van der Waals surface area contributed by atoms with Gasteiger partial charge in [0.05, 0.1) is 13.2 Å². The van der Waals surface area contributed by atoms with Crippen LogP contribution in [0, 0.1) is 5.92 Å². The van der Waals surface area contributed by atoms with Gasteiger partial charge in [0.1, 0.15) is 5.75 Å². The molecule has 144 valence electrons. The summed E-state index contributed by atoms with van der Waals surface area (Å²) in [4.78, 5) is 7.62. The SMILES string of the molecule is COc1cccc(CN2CCC(=NC(c3ccccc3N)C(C)C)CC2)c1. The molecule has 0 bridgehead atoms. The Hall–Kier alpha value is -2.33. The van der Waals surface area contributed by atoms with Gasteiger partial charge in [-0.3, -0.25) is 9.89 Å². The number of hydrogen-bond acceptors (Lipinski definition) is 4. The average molecular weight is 366 g/mol. The number of nitrogen functional groups attached to an aromatic ring is 1. The van der Waals surface area contributed by atoms with Crippen LogP contribution in [0.4, 0.5) is 5.69 Å². The molecular formula is C23H31N3O. The Morgan fingerprint density at radius 3 is 2.48 bits per heavy atom. The molecule has 1 aliphatic rings. The molecule has 0 aromatic heterocycles. The molecule has 2 aromatic rings. The summed E-state index contributed by atoms with van der Waals surface area (Å²) in [6.07, 6.45) is 2.06. The highest BCUT2D eigenvalue weighted by Crippen LogP contribution is 2.31. The van der Waals surface area contributed by atoms with Crippen molar-refractivity contribution in [1.29, 1.82) is 0 Å². The summed E-state index contributed by atoms with van der Waals surface area (Å²) in [5.74, 6) is 1.35. The zero-order valence-corrected chi connectivity index (χ0v) is 16.7. The monoisotopic (exact) mass is 365 g/mol. The quantitative estimate of drug-likeness (QED) is 0.754. The van der Waals surface area contributed by atoms with Crippen LogP contribution in [-0.4, -0.2) is 30.8 Å². The van der Waals surface area contributed by atoms with E-state index in [1.165, 1.54) is 11.3 Å². The summed E-state index contributed by atoms with van der Waals surface area (Å²) in [6, 6.07) is 16.6. The fourth-order valence-electron chi connectivity index (χ4n) is 3.68. The topological polar surface area (TPSA) is 50.8 Å². The van der Waals surface area contributed by atoms with E-state index in [2.05, 4.69) is 49.1 Å². The van der Waals surface area contributed by atoms with Crippen molar-refractivity contribution >= 4 is 11.4 Å². The molecule has 1 aliphatic heterocycles. The number of nitrogens with two attached hydrogens (primary N) is 1. The fourth-order valence-corrected chi connectivity index (χ4v) is 3.68. The summed E-state index contributed by atoms with van der Waals surface area (Å²) < 4.78 is 5.33. The van der Waals surface area contributed by atoms with Crippen molar-refractivity contribution in [3.63, 3.8) is 0 Å². The van der Waals surface area contributed by atoms with E-state index in [1.807, 2.05) is 18.2 Å². The minimum Gasteiger partial charge on any atom is -0.497 e. The van der Waals surface area contributed by atoms with E-state index in [0.717, 1.165) is 49.5 Å². The second-order valence-corrected chi connectivity index (χ2v) is 7.64. The number of anilines is 1. The first kappa shape index (κ1) is 19.4. The minimum absolute atomic E-state index is 0.145. The lowest BCUT2D eigenvalue weighted by Crippen LogP contribution is -2.33. The van der Waals surface area contributed by atoms with Gasteiger partial charge in [0, 0.05) is 31.0 Å². The number of nitrogens with zero attached hydrogens (tertiary/aromatic N) is 2. The largest absolute Gasteiger partial charge is 0.497 e. The lowest BCUT2D eigenvalue weighted by molar-refractivity contribution is 0.265. The van der Waals surface area contributed by atoms with Gasteiger partial charge in [-0.1, -0.05) is 44.2 Å². The Balaban J connectivity index is 1.64. The fraction of sp³-hybridized carbons (Fsp3) is 0.435. The number of likely N-dealkylation sites (tertiary alicyclic amines) is 1. The predicted molar refractivity (Wildman–Crippen MR) is 113 cm³/mol. The number of hydrogen-bond donors (Lipinski definition) is 1. The van der Waals surface area contributed by atoms with Gasteiger partial charge in [-0.15, -0.1) is 0 Å². The number of rotatable bonds is 6. The maximum atomic E-state index is 6.21. The van der Waals surface area contributed by atoms with Crippen molar-refractivity contribution in [2.45, 2.75) is 39.3 Å². The van der Waals surface area contributed by atoms with Crippen LogP contribution in [-0.2, 0) is 6.54 Å². The molecule has 0 saturated carbocycles. The van der Waals surface area contributed by atoms with Gasteiger partial charge in [0.25, 0.3) is 0 Å². The van der Waals surface area contributed by atoms with Crippen LogP contribution in [0.3, 0.4) is 0 Å². The van der Waals surface area contributed by atoms with Gasteiger partial charge in [-0.2, -0.15) is 0 Å². The van der Waals surface area contributed by atoms with Gasteiger partial charge < -0.3 is 10.5 Å². The molecule has 3 rings (SSSR count). The molecule has 2 N–H and O–H groups in total. The Labute approximate surface area is 163 Å². The molecule has 1 fully saturated rings. The van der Waals surface area contributed by atoms with E-state index >= 15 is 0 Å². The second kappa shape index (κ2) is 9.05. The van der Waals surface area contributed by atoms with Crippen molar-refractivity contribution in [3.8, 4) is 5.75 Å². The minimum atomic E-state index is 0.145. The van der Waals surface area contributed by atoms with E-state index in [-0.39, 0.29) is 6.04 Å². The highest BCUT2D eigenvalue weighted by Gasteiger charge is 2.21. The van der Waals surface area contributed by atoms with E-state index < -0.39 is 0 Å². The number of aliphatic imine (C=N–C) groups is 1. The van der Waals surface area contributed by atoms with Crippen molar-refractivity contribution in [3.05, 3.63) is 59.7 Å². The number of methoxy groups -OCH3 is 1. The third-order valence-electron chi connectivity index (χ3n) is 5.24. The Kier molecular flexibility index (Phi) is 6.51. The Morgan fingerprint density at radius 1 is 1.07 bits per heavy atom. The molecular weight excluding hydrogens is 334 g/mol. The summed E-state index contributed by atoms with van der Waals surface area (Å²) >= 11 is 0.